The highest BCUT2D eigenvalue weighted by molar-refractivity contribution is 6.29. The van der Waals surface area contributed by atoms with Crippen molar-refractivity contribution in [2.45, 2.75) is 0 Å². The van der Waals surface area contributed by atoms with Gasteiger partial charge in [-0.2, -0.15) is 0 Å². The average Bonchev–Trinajstić information content (AvgIpc) is 2.28. The molecule has 0 unspecified atom stereocenters. The van der Waals surface area contributed by atoms with E-state index in [1.54, 1.807) is 0 Å². The van der Waals surface area contributed by atoms with Gasteiger partial charge in [-0.05, 0) is 18.2 Å². The maximum Gasteiger partial charge on any atom is 0.258 e. The summed E-state index contributed by atoms with van der Waals surface area (Å²) in [5.74, 6) is -0.764. The molecule has 0 atom stereocenters. The Hall–Kier alpha value is -2.21. The molecular weight excluding hydrogens is 259 g/mol. The largest absolute Gasteiger partial charge is 0.398 e. The summed E-state index contributed by atoms with van der Waals surface area (Å²) in [4.78, 5) is 19.3. The number of nitrogens with zero attached hydrogens (tertiary/aromatic N) is 2. The fraction of sp³-hybridized carbons (Fsp3) is 0. The van der Waals surface area contributed by atoms with Crippen LogP contribution in [0.25, 0.3) is 0 Å². The van der Waals surface area contributed by atoms with E-state index in [-0.39, 0.29) is 22.2 Å². The number of hydrogen-bond acceptors (Lipinski definition) is 4. The standard InChI is InChI=1S/C11H8ClFN4O/c12-9-4-10(16-5-15-9)17-11(18)7-2-1-6(13)3-8(7)14/h1-5H,14H2,(H,15,16,17,18). The minimum atomic E-state index is -0.505. The first-order chi connectivity index (χ1) is 8.56. The molecule has 2 rings (SSSR count). The van der Waals surface area contributed by atoms with Gasteiger partial charge in [0.25, 0.3) is 5.91 Å². The number of carbonyl (C=O) groups excluding carboxylic acids is 1. The Labute approximate surface area is 107 Å². The highest BCUT2D eigenvalue weighted by Gasteiger charge is 2.11. The van der Waals surface area contributed by atoms with Crippen LogP contribution in [0, 0.1) is 5.82 Å². The van der Waals surface area contributed by atoms with E-state index >= 15 is 0 Å². The van der Waals surface area contributed by atoms with Gasteiger partial charge in [-0.1, -0.05) is 11.6 Å². The van der Waals surface area contributed by atoms with Crippen molar-refractivity contribution in [2.75, 3.05) is 11.1 Å². The summed E-state index contributed by atoms with van der Waals surface area (Å²) >= 11 is 5.65. The van der Waals surface area contributed by atoms with Crippen molar-refractivity contribution in [2.24, 2.45) is 0 Å². The van der Waals surface area contributed by atoms with Crippen LogP contribution in [0.2, 0.25) is 5.15 Å². The molecule has 1 aromatic heterocycles. The molecule has 18 heavy (non-hydrogen) atoms. The van der Waals surface area contributed by atoms with Crippen molar-refractivity contribution >= 4 is 29.0 Å². The van der Waals surface area contributed by atoms with Gasteiger partial charge in [-0.25, -0.2) is 14.4 Å². The van der Waals surface area contributed by atoms with Crippen molar-refractivity contribution < 1.29 is 9.18 Å². The van der Waals surface area contributed by atoms with E-state index in [4.69, 9.17) is 17.3 Å². The van der Waals surface area contributed by atoms with E-state index in [9.17, 15) is 9.18 Å². The fourth-order valence-corrected chi connectivity index (χ4v) is 1.47. The first kappa shape index (κ1) is 12.3. The molecule has 2 aromatic rings. The molecule has 1 heterocycles. The monoisotopic (exact) mass is 266 g/mol. The number of benzene rings is 1. The molecule has 5 nitrogen and oxygen atoms in total. The molecule has 3 N–H and O–H groups in total. The lowest BCUT2D eigenvalue weighted by Crippen LogP contribution is -2.15. The minimum absolute atomic E-state index is 0.0488. The average molecular weight is 267 g/mol. The number of nitrogen functional groups attached to an aromatic ring is 1. The van der Waals surface area contributed by atoms with Crippen LogP contribution in [0.15, 0.2) is 30.6 Å². The molecular formula is C11H8ClFN4O. The van der Waals surface area contributed by atoms with Crippen molar-refractivity contribution in [3.63, 3.8) is 0 Å². The molecule has 0 radical (unpaired) electrons. The van der Waals surface area contributed by atoms with Gasteiger partial charge in [0.1, 0.15) is 23.1 Å². The first-order valence-electron chi connectivity index (χ1n) is 4.90. The van der Waals surface area contributed by atoms with Crippen LogP contribution in [0.3, 0.4) is 0 Å². The number of halogens is 2. The highest BCUT2D eigenvalue weighted by Crippen LogP contribution is 2.16. The Balaban J connectivity index is 2.22. The summed E-state index contributed by atoms with van der Waals surface area (Å²) in [7, 11) is 0. The lowest BCUT2D eigenvalue weighted by molar-refractivity contribution is 0.102. The van der Waals surface area contributed by atoms with Gasteiger partial charge in [0.05, 0.1) is 5.56 Å². The van der Waals surface area contributed by atoms with Crippen LogP contribution in [0.5, 0.6) is 0 Å². The van der Waals surface area contributed by atoms with Crippen molar-refractivity contribution in [1.29, 1.82) is 0 Å². The fourth-order valence-electron chi connectivity index (χ4n) is 1.33. The van der Waals surface area contributed by atoms with Gasteiger partial charge in [-0.3, -0.25) is 4.79 Å². The Morgan fingerprint density at radius 3 is 2.78 bits per heavy atom. The predicted molar refractivity (Wildman–Crippen MR) is 65.8 cm³/mol. The quantitative estimate of drug-likeness (QED) is 0.644. The van der Waals surface area contributed by atoms with E-state index in [1.807, 2.05) is 0 Å². The molecule has 1 aromatic carbocycles. The second-order valence-electron chi connectivity index (χ2n) is 3.41. The van der Waals surface area contributed by atoms with Crippen molar-refractivity contribution in [3.05, 3.63) is 47.1 Å². The molecule has 0 aliphatic carbocycles. The van der Waals surface area contributed by atoms with E-state index in [0.717, 1.165) is 12.1 Å². The van der Waals surface area contributed by atoms with Gasteiger partial charge in [0.15, 0.2) is 0 Å². The van der Waals surface area contributed by atoms with E-state index < -0.39 is 11.7 Å². The second-order valence-corrected chi connectivity index (χ2v) is 3.80. The van der Waals surface area contributed by atoms with Crippen LogP contribution >= 0.6 is 11.6 Å². The van der Waals surface area contributed by atoms with E-state index in [2.05, 4.69) is 15.3 Å². The van der Waals surface area contributed by atoms with Crippen LogP contribution < -0.4 is 11.1 Å². The number of carbonyl (C=O) groups is 1. The van der Waals surface area contributed by atoms with Gasteiger partial charge >= 0.3 is 0 Å². The third-order valence-electron chi connectivity index (χ3n) is 2.13. The summed E-state index contributed by atoms with van der Waals surface area (Å²) in [6, 6.07) is 4.90. The molecule has 1 amide bonds. The zero-order valence-corrected chi connectivity index (χ0v) is 9.78. The summed E-state index contributed by atoms with van der Waals surface area (Å²) in [5.41, 5.74) is 5.75. The molecule has 7 heteroatoms. The maximum atomic E-state index is 12.8. The summed E-state index contributed by atoms with van der Waals surface area (Å²) in [5, 5.41) is 2.68. The summed E-state index contributed by atoms with van der Waals surface area (Å²) in [6.07, 6.45) is 1.21. The number of aromatic nitrogens is 2. The summed E-state index contributed by atoms with van der Waals surface area (Å²) in [6.45, 7) is 0. The lowest BCUT2D eigenvalue weighted by atomic mass is 10.1. The molecule has 92 valence electrons. The smallest absolute Gasteiger partial charge is 0.258 e. The van der Waals surface area contributed by atoms with Crippen molar-refractivity contribution in [3.8, 4) is 0 Å². The zero-order chi connectivity index (χ0) is 13.1. The molecule has 0 bridgehead atoms. The first-order valence-corrected chi connectivity index (χ1v) is 5.28. The highest BCUT2D eigenvalue weighted by atomic mass is 35.5. The number of amides is 1. The van der Waals surface area contributed by atoms with Gasteiger partial charge in [-0.15, -0.1) is 0 Å². The SMILES string of the molecule is Nc1cc(F)ccc1C(=O)Nc1cc(Cl)ncn1. The third kappa shape index (κ3) is 2.72. The molecule has 0 aliphatic heterocycles. The van der Waals surface area contributed by atoms with Crippen molar-refractivity contribution in [1.82, 2.24) is 9.97 Å². The Morgan fingerprint density at radius 1 is 1.33 bits per heavy atom. The number of rotatable bonds is 2. The maximum absolute atomic E-state index is 12.8. The Morgan fingerprint density at radius 2 is 2.11 bits per heavy atom. The van der Waals surface area contributed by atoms with Gasteiger partial charge < -0.3 is 11.1 Å². The minimum Gasteiger partial charge on any atom is -0.398 e. The number of hydrogen-bond donors (Lipinski definition) is 2. The zero-order valence-electron chi connectivity index (χ0n) is 9.02. The third-order valence-corrected chi connectivity index (χ3v) is 2.34. The Kier molecular flexibility index (Phi) is 3.38. The molecule has 0 fully saturated rings. The Bertz CT molecular complexity index is 605. The second kappa shape index (κ2) is 4.97. The van der Waals surface area contributed by atoms with Crippen LogP contribution in [0.4, 0.5) is 15.9 Å². The number of anilines is 2. The topological polar surface area (TPSA) is 80.9 Å². The normalized spacial score (nSPS) is 10.1. The van der Waals surface area contributed by atoms with Crippen LogP contribution in [-0.2, 0) is 0 Å². The molecule has 0 saturated heterocycles. The lowest BCUT2D eigenvalue weighted by Gasteiger charge is -2.06. The van der Waals surface area contributed by atoms with Crippen LogP contribution in [-0.4, -0.2) is 15.9 Å². The molecule has 0 saturated carbocycles. The molecule has 0 spiro atoms. The van der Waals surface area contributed by atoms with E-state index in [1.165, 1.54) is 18.5 Å². The predicted octanol–water partition coefficient (Wildman–Crippen LogP) is 2.10. The van der Waals surface area contributed by atoms with Gasteiger partial charge in [0.2, 0.25) is 0 Å². The van der Waals surface area contributed by atoms with Gasteiger partial charge in [0, 0.05) is 11.8 Å². The van der Waals surface area contributed by atoms with Crippen LogP contribution in [0.1, 0.15) is 10.4 Å². The summed E-state index contributed by atoms with van der Waals surface area (Å²) < 4.78 is 12.8. The number of nitrogens with one attached hydrogen (secondary N) is 1. The van der Waals surface area contributed by atoms with E-state index in [0.29, 0.717) is 0 Å². The molecule has 0 aliphatic rings. The number of nitrogens with two attached hydrogens (primary N) is 1.